The molecule has 2 nitrogen and oxygen atoms in total. The van der Waals surface area contributed by atoms with Gasteiger partial charge >= 0.3 is 0 Å². The molecule has 1 heterocycles. The van der Waals surface area contributed by atoms with Crippen molar-refractivity contribution in [1.29, 1.82) is 0 Å². The van der Waals surface area contributed by atoms with Crippen molar-refractivity contribution in [2.24, 2.45) is 5.73 Å². The molecule has 3 heteroatoms. The number of nitrogens with two attached hydrogens (primary N) is 1. The third-order valence-electron chi connectivity index (χ3n) is 2.22. The van der Waals surface area contributed by atoms with Crippen LogP contribution in [-0.2, 0) is 0 Å². The Labute approximate surface area is 77.8 Å². The van der Waals surface area contributed by atoms with Gasteiger partial charge in [0.25, 0.3) is 0 Å². The Bertz CT molecular complexity index is 246. The molecule has 0 aliphatic rings. The average molecular weight is 184 g/mol. The van der Waals surface area contributed by atoms with E-state index in [1.807, 2.05) is 13.8 Å². The minimum atomic E-state index is 0.190. The van der Waals surface area contributed by atoms with Crippen LogP contribution in [0.3, 0.4) is 0 Å². The Balaban J connectivity index is 2.89. The van der Waals surface area contributed by atoms with Crippen LogP contribution < -0.4 is 5.73 Å². The van der Waals surface area contributed by atoms with Gasteiger partial charge in [-0.15, -0.1) is 11.3 Å². The molecule has 0 fully saturated rings. The van der Waals surface area contributed by atoms with Crippen molar-refractivity contribution in [3.8, 4) is 0 Å². The van der Waals surface area contributed by atoms with Crippen molar-refractivity contribution in [3.63, 3.8) is 0 Å². The molecule has 68 valence electrons. The summed E-state index contributed by atoms with van der Waals surface area (Å²) in [4.78, 5) is 5.77. The van der Waals surface area contributed by atoms with Gasteiger partial charge in [0.05, 0.1) is 10.7 Å². The predicted molar refractivity (Wildman–Crippen MR) is 53.7 cm³/mol. The van der Waals surface area contributed by atoms with Gasteiger partial charge in [-0.3, -0.25) is 0 Å². The van der Waals surface area contributed by atoms with Crippen LogP contribution in [0.15, 0.2) is 0 Å². The van der Waals surface area contributed by atoms with E-state index in [0.717, 1.165) is 5.69 Å². The van der Waals surface area contributed by atoms with Gasteiger partial charge in [0, 0.05) is 16.8 Å². The normalized spacial score (nSPS) is 16.1. The first-order valence-corrected chi connectivity index (χ1v) is 5.03. The summed E-state index contributed by atoms with van der Waals surface area (Å²) in [6.45, 7) is 8.30. The molecule has 2 atom stereocenters. The molecule has 12 heavy (non-hydrogen) atoms. The van der Waals surface area contributed by atoms with Crippen LogP contribution in [0.2, 0.25) is 0 Å². The van der Waals surface area contributed by atoms with E-state index in [1.54, 1.807) is 11.3 Å². The summed E-state index contributed by atoms with van der Waals surface area (Å²) in [5.41, 5.74) is 6.94. The highest BCUT2D eigenvalue weighted by atomic mass is 32.1. The van der Waals surface area contributed by atoms with Crippen molar-refractivity contribution in [2.75, 3.05) is 0 Å². The quantitative estimate of drug-likeness (QED) is 0.765. The lowest BCUT2D eigenvalue weighted by Crippen LogP contribution is -2.22. The molecule has 1 aromatic rings. The molecular weight excluding hydrogens is 168 g/mol. The fourth-order valence-electron chi connectivity index (χ4n) is 0.917. The van der Waals surface area contributed by atoms with Crippen LogP contribution in [-0.4, -0.2) is 11.0 Å². The number of nitrogens with zero attached hydrogens (tertiary/aromatic N) is 1. The predicted octanol–water partition coefficient (Wildman–Crippen LogP) is 2.21. The van der Waals surface area contributed by atoms with Crippen LogP contribution in [0.25, 0.3) is 0 Å². The largest absolute Gasteiger partial charge is 0.327 e. The van der Waals surface area contributed by atoms with Crippen molar-refractivity contribution in [2.45, 2.75) is 39.7 Å². The second kappa shape index (κ2) is 3.54. The Morgan fingerprint density at radius 1 is 1.33 bits per heavy atom. The van der Waals surface area contributed by atoms with E-state index in [-0.39, 0.29) is 6.04 Å². The summed E-state index contributed by atoms with van der Waals surface area (Å²) in [6, 6.07) is 0.190. The molecule has 0 spiro atoms. The summed E-state index contributed by atoms with van der Waals surface area (Å²) in [6.07, 6.45) is 0. The van der Waals surface area contributed by atoms with Crippen LogP contribution in [0, 0.1) is 13.8 Å². The second-order valence-electron chi connectivity index (χ2n) is 3.34. The SMILES string of the molecule is Cc1nc(C(C)C(C)N)sc1C. The first-order valence-electron chi connectivity index (χ1n) is 4.22. The molecule has 1 rings (SSSR count). The van der Waals surface area contributed by atoms with Crippen LogP contribution in [0.4, 0.5) is 0 Å². The fourth-order valence-corrected chi connectivity index (χ4v) is 2.01. The second-order valence-corrected chi connectivity index (χ2v) is 4.58. The van der Waals surface area contributed by atoms with E-state index in [9.17, 15) is 0 Å². The van der Waals surface area contributed by atoms with Gasteiger partial charge in [-0.05, 0) is 20.8 Å². The topological polar surface area (TPSA) is 38.9 Å². The summed E-state index contributed by atoms with van der Waals surface area (Å²) < 4.78 is 0. The van der Waals surface area contributed by atoms with Crippen molar-refractivity contribution in [3.05, 3.63) is 15.6 Å². The fraction of sp³-hybridized carbons (Fsp3) is 0.667. The molecule has 0 aliphatic heterocycles. The molecule has 1 aromatic heterocycles. The van der Waals surface area contributed by atoms with Crippen LogP contribution in [0.5, 0.6) is 0 Å². The molecule has 2 N–H and O–H groups in total. The minimum Gasteiger partial charge on any atom is -0.327 e. The number of hydrogen-bond acceptors (Lipinski definition) is 3. The molecule has 0 radical (unpaired) electrons. The maximum absolute atomic E-state index is 5.79. The van der Waals surface area contributed by atoms with Crippen LogP contribution in [0.1, 0.15) is 35.3 Å². The summed E-state index contributed by atoms with van der Waals surface area (Å²) in [5.74, 6) is 0.377. The van der Waals surface area contributed by atoms with E-state index in [2.05, 4.69) is 18.8 Å². The number of thiazole rings is 1. The van der Waals surface area contributed by atoms with Crippen molar-refractivity contribution >= 4 is 11.3 Å². The van der Waals surface area contributed by atoms with Gasteiger partial charge < -0.3 is 5.73 Å². The highest BCUT2D eigenvalue weighted by Crippen LogP contribution is 2.25. The number of aromatic nitrogens is 1. The molecule has 0 bridgehead atoms. The first-order chi connectivity index (χ1) is 5.52. The molecule has 2 unspecified atom stereocenters. The third-order valence-corrected chi connectivity index (χ3v) is 3.50. The van der Waals surface area contributed by atoms with E-state index in [1.165, 1.54) is 9.88 Å². The van der Waals surface area contributed by atoms with Gasteiger partial charge in [-0.1, -0.05) is 6.92 Å². The van der Waals surface area contributed by atoms with E-state index in [4.69, 9.17) is 5.73 Å². The molecule has 0 aliphatic carbocycles. The number of rotatable bonds is 2. The molecule has 0 saturated heterocycles. The summed E-state index contributed by atoms with van der Waals surface area (Å²) in [7, 11) is 0. The zero-order chi connectivity index (χ0) is 9.30. The maximum Gasteiger partial charge on any atom is 0.0974 e. The Hall–Kier alpha value is -0.410. The standard InChI is InChI=1S/C9H16N2S/c1-5(6(2)10)9-11-7(3)8(4)12-9/h5-6H,10H2,1-4H3. The lowest BCUT2D eigenvalue weighted by atomic mass is 10.1. The molecule has 0 amide bonds. The van der Waals surface area contributed by atoms with E-state index in [0.29, 0.717) is 5.92 Å². The maximum atomic E-state index is 5.79. The van der Waals surface area contributed by atoms with Crippen molar-refractivity contribution in [1.82, 2.24) is 4.98 Å². The van der Waals surface area contributed by atoms with E-state index < -0.39 is 0 Å². The van der Waals surface area contributed by atoms with Crippen LogP contribution >= 0.6 is 11.3 Å². The van der Waals surface area contributed by atoms with Gasteiger partial charge in [0.2, 0.25) is 0 Å². The molecule has 0 saturated carbocycles. The van der Waals surface area contributed by atoms with Gasteiger partial charge in [0.15, 0.2) is 0 Å². The number of hydrogen-bond donors (Lipinski definition) is 1. The highest BCUT2D eigenvalue weighted by Gasteiger charge is 2.14. The average Bonchev–Trinajstić information content (AvgIpc) is 2.30. The van der Waals surface area contributed by atoms with Gasteiger partial charge in [0.1, 0.15) is 0 Å². The zero-order valence-electron chi connectivity index (χ0n) is 8.09. The van der Waals surface area contributed by atoms with Crippen molar-refractivity contribution < 1.29 is 0 Å². The van der Waals surface area contributed by atoms with Gasteiger partial charge in [-0.2, -0.15) is 0 Å². The Kier molecular flexibility index (Phi) is 2.85. The Morgan fingerprint density at radius 3 is 2.25 bits per heavy atom. The first kappa shape index (κ1) is 9.68. The lowest BCUT2D eigenvalue weighted by molar-refractivity contribution is 0.609. The number of aryl methyl sites for hydroxylation is 2. The Morgan fingerprint density at radius 2 is 1.92 bits per heavy atom. The highest BCUT2D eigenvalue weighted by molar-refractivity contribution is 7.11. The van der Waals surface area contributed by atoms with E-state index >= 15 is 0 Å². The zero-order valence-corrected chi connectivity index (χ0v) is 8.90. The van der Waals surface area contributed by atoms with Gasteiger partial charge in [-0.25, -0.2) is 4.98 Å². The monoisotopic (exact) mass is 184 g/mol. The smallest absolute Gasteiger partial charge is 0.0974 e. The lowest BCUT2D eigenvalue weighted by Gasteiger charge is -2.11. The summed E-state index contributed by atoms with van der Waals surface area (Å²) in [5, 5.41) is 1.17. The summed E-state index contributed by atoms with van der Waals surface area (Å²) >= 11 is 1.76. The third kappa shape index (κ3) is 1.84. The molecular formula is C9H16N2S. The molecule has 0 aromatic carbocycles. The minimum absolute atomic E-state index is 0.190.